The van der Waals surface area contributed by atoms with Gasteiger partial charge in [0, 0.05) is 38.3 Å². The third-order valence-corrected chi connectivity index (χ3v) is 3.54. The number of carbonyl (C=O) groups is 1. The predicted molar refractivity (Wildman–Crippen MR) is 75.3 cm³/mol. The number of nitrogens with zero attached hydrogens (tertiary/aromatic N) is 2. The third kappa shape index (κ3) is 3.55. The maximum atomic E-state index is 12.4. The fraction of sp³-hybridized carbons (Fsp3) is 0.533. The monoisotopic (exact) mass is 262 g/mol. The Labute approximate surface area is 114 Å². The Bertz CT molecular complexity index is 431. The molecular weight excluding hydrogens is 240 g/mol. The van der Waals surface area contributed by atoms with Crippen LogP contribution in [0.1, 0.15) is 21.5 Å². The molecule has 0 bridgehead atoms. The van der Waals surface area contributed by atoms with Crippen molar-refractivity contribution in [3.05, 3.63) is 34.9 Å². The van der Waals surface area contributed by atoms with E-state index in [1.54, 1.807) is 0 Å². The first-order chi connectivity index (χ1) is 9.10. The van der Waals surface area contributed by atoms with Gasteiger partial charge in [-0.05, 0) is 26.0 Å². The molecule has 1 aromatic rings. The molecule has 1 saturated heterocycles. The number of hydrogen-bond acceptors (Lipinski definition) is 3. The van der Waals surface area contributed by atoms with Crippen molar-refractivity contribution in [2.24, 2.45) is 0 Å². The van der Waals surface area contributed by atoms with Gasteiger partial charge in [0.25, 0.3) is 5.91 Å². The smallest absolute Gasteiger partial charge is 0.253 e. The van der Waals surface area contributed by atoms with Crippen molar-refractivity contribution in [3.8, 4) is 0 Å². The van der Waals surface area contributed by atoms with Crippen LogP contribution in [0.3, 0.4) is 0 Å². The van der Waals surface area contributed by atoms with Gasteiger partial charge < -0.3 is 10.0 Å². The molecule has 0 radical (unpaired) electrons. The standard InChI is InChI=1S/C15H22N2O2/c1-12-9-13(2)11-14(10-12)15(19)17-5-3-16(4-6-17)7-8-18/h9-11,18H,3-8H2,1-2H3. The summed E-state index contributed by atoms with van der Waals surface area (Å²) in [7, 11) is 0. The number of hydrogen-bond donors (Lipinski definition) is 1. The normalized spacial score (nSPS) is 16.7. The molecular formula is C15H22N2O2. The van der Waals surface area contributed by atoms with Crippen molar-refractivity contribution in [2.75, 3.05) is 39.3 Å². The van der Waals surface area contributed by atoms with Gasteiger partial charge in [-0.15, -0.1) is 0 Å². The van der Waals surface area contributed by atoms with Crippen LogP contribution >= 0.6 is 0 Å². The molecule has 1 aromatic carbocycles. The Balaban J connectivity index is 2.01. The second kappa shape index (κ2) is 6.17. The molecule has 104 valence electrons. The lowest BCUT2D eigenvalue weighted by atomic mass is 10.1. The molecule has 1 heterocycles. The van der Waals surface area contributed by atoms with E-state index >= 15 is 0 Å². The third-order valence-electron chi connectivity index (χ3n) is 3.54. The van der Waals surface area contributed by atoms with Crippen LogP contribution in [0.2, 0.25) is 0 Å². The average molecular weight is 262 g/mol. The van der Waals surface area contributed by atoms with Gasteiger partial charge in [-0.3, -0.25) is 9.69 Å². The molecule has 1 fully saturated rings. The Morgan fingerprint density at radius 2 is 1.68 bits per heavy atom. The molecule has 1 amide bonds. The zero-order valence-corrected chi connectivity index (χ0v) is 11.7. The first-order valence-corrected chi connectivity index (χ1v) is 6.81. The van der Waals surface area contributed by atoms with Crippen molar-refractivity contribution in [3.63, 3.8) is 0 Å². The SMILES string of the molecule is Cc1cc(C)cc(C(=O)N2CCN(CCO)CC2)c1. The van der Waals surface area contributed by atoms with E-state index < -0.39 is 0 Å². The second-order valence-electron chi connectivity index (χ2n) is 5.23. The van der Waals surface area contributed by atoms with Crippen LogP contribution in [0.4, 0.5) is 0 Å². The van der Waals surface area contributed by atoms with E-state index in [0.29, 0.717) is 6.54 Å². The van der Waals surface area contributed by atoms with E-state index in [2.05, 4.69) is 11.0 Å². The largest absolute Gasteiger partial charge is 0.395 e. The summed E-state index contributed by atoms with van der Waals surface area (Å²) in [4.78, 5) is 16.5. The molecule has 0 aliphatic carbocycles. The Hall–Kier alpha value is -1.39. The Morgan fingerprint density at radius 1 is 1.11 bits per heavy atom. The quantitative estimate of drug-likeness (QED) is 0.885. The number of piperazine rings is 1. The number of benzene rings is 1. The summed E-state index contributed by atoms with van der Waals surface area (Å²) in [5, 5.41) is 8.91. The molecule has 4 heteroatoms. The lowest BCUT2D eigenvalue weighted by Crippen LogP contribution is -2.49. The van der Waals surface area contributed by atoms with Crippen LogP contribution in [-0.4, -0.2) is 60.1 Å². The molecule has 1 aliphatic rings. The van der Waals surface area contributed by atoms with E-state index in [0.717, 1.165) is 42.9 Å². The van der Waals surface area contributed by atoms with Gasteiger partial charge >= 0.3 is 0 Å². The van der Waals surface area contributed by atoms with Crippen molar-refractivity contribution in [2.45, 2.75) is 13.8 Å². The molecule has 0 aromatic heterocycles. The maximum absolute atomic E-state index is 12.4. The van der Waals surface area contributed by atoms with Crippen LogP contribution in [0.25, 0.3) is 0 Å². The summed E-state index contributed by atoms with van der Waals surface area (Å²) in [5.41, 5.74) is 3.04. The minimum Gasteiger partial charge on any atom is -0.395 e. The lowest BCUT2D eigenvalue weighted by Gasteiger charge is -2.34. The Kier molecular flexibility index (Phi) is 4.56. The molecule has 1 N–H and O–H groups in total. The van der Waals surface area contributed by atoms with Crippen LogP contribution < -0.4 is 0 Å². The van der Waals surface area contributed by atoms with Gasteiger partial charge in [0.1, 0.15) is 0 Å². The van der Waals surface area contributed by atoms with Crippen LogP contribution in [0, 0.1) is 13.8 Å². The van der Waals surface area contributed by atoms with Crippen LogP contribution in [-0.2, 0) is 0 Å². The van der Waals surface area contributed by atoms with Gasteiger partial charge in [-0.1, -0.05) is 17.2 Å². The van der Waals surface area contributed by atoms with Crippen molar-refractivity contribution in [1.29, 1.82) is 0 Å². The van der Waals surface area contributed by atoms with Gasteiger partial charge in [-0.2, -0.15) is 0 Å². The van der Waals surface area contributed by atoms with Gasteiger partial charge in [0.05, 0.1) is 6.61 Å². The second-order valence-corrected chi connectivity index (χ2v) is 5.23. The molecule has 0 unspecified atom stereocenters. The number of aliphatic hydroxyl groups is 1. The number of rotatable bonds is 3. The van der Waals surface area contributed by atoms with Crippen molar-refractivity contribution >= 4 is 5.91 Å². The number of aliphatic hydroxyl groups excluding tert-OH is 1. The van der Waals surface area contributed by atoms with Crippen molar-refractivity contribution < 1.29 is 9.90 Å². The highest BCUT2D eigenvalue weighted by molar-refractivity contribution is 5.94. The number of β-amino-alcohol motifs (C(OH)–C–C–N with tert-alkyl or cyclic N) is 1. The van der Waals surface area contributed by atoms with E-state index in [1.807, 2.05) is 30.9 Å². The fourth-order valence-electron chi connectivity index (χ4n) is 2.60. The maximum Gasteiger partial charge on any atom is 0.253 e. The molecule has 0 spiro atoms. The lowest BCUT2D eigenvalue weighted by molar-refractivity contribution is 0.0615. The molecule has 0 atom stereocenters. The van der Waals surface area contributed by atoms with E-state index in [4.69, 9.17) is 5.11 Å². The average Bonchev–Trinajstić information content (AvgIpc) is 2.38. The minimum absolute atomic E-state index is 0.121. The fourth-order valence-corrected chi connectivity index (χ4v) is 2.60. The highest BCUT2D eigenvalue weighted by Gasteiger charge is 2.21. The first kappa shape index (κ1) is 14.0. The number of amides is 1. The highest BCUT2D eigenvalue weighted by Crippen LogP contribution is 2.13. The molecule has 1 aliphatic heterocycles. The summed E-state index contributed by atoms with van der Waals surface area (Å²) in [6.07, 6.45) is 0. The predicted octanol–water partition coefficient (Wildman–Crippen LogP) is 1.05. The first-order valence-electron chi connectivity index (χ1n) is 6.81. The highest BCUT2D eigenvalue weighted by atomic mass is 16.3. The summed E-state index contributed by atoms with van der Waals surface area (Å²) in [6.45, 7) is 8.09. The molecule has 19 heavy (non-hydrogen) atoms. The summed E-state index contributed by atoms with van der Waals surface area (Å²) in [6, 6.07) is 5.99. The van der Waals surface area contributed by atoms with Crippen LogP contribution in [0.5, 0.6) is 0 Å². The van der Waals surface area contributed by atoms with Crippen LogP contribution in [0.15, 0.2) is 18.2 Å². The molecule has 0 saturated carbocycles. The number of carbonyl (C=O) groups excluding carboxylic acids is 1. The zero-order valence-electron chi connectivity index (χ0n) is 11.7. The van der Waals surface area contributed by atoms with E-state index in [9.17, 15) is 4.79 Å². The molecule has 2 rings (SSSR count). The van der Waals surface area contributed by atoms with Gasteiger partial charge in [-0.25, -0.2) is 0 Å². The molecule has 4 nitrogen and oxygen atoms in total. The summed E-state index contributed by atoms with van der Waals surface area (Å²) in [5.74, 6) is 0.121. The van der Waals surface area contributed by atoms with E-state index in [-0.39, 0.29) is 12.5 Å². The van der Waals surface area contributed by atoms with Gasteiger partial charge in [0.15, 0.2) is 0 Å². The Morgan fingerprint density at radius 3 is 2.21 bits per heavy atom. The minimum atomic E-state index is 0.121. The van der Waals surface area contributed by atoms with E-state index in [1.165, 1.54) is 0 Å². The summed E-state index contributed by atoms with van der Waals surface area (Å²) >= 11 is 0. The summed E-state index contributed by atoms with van der Waals surface area (Å²) < 4.78 is 0. The number of aryl methyl sites for hydroxylation is 2. The van der Waals surface area contributed by atoms with Crippen molar-refractivity contribution in [1.82, 2.24) is 9.80 Å². The topological polar surface area (TPSA) is 43.8 Å². The van der Waals surface area contributed by atoms with Gasteiger partial charge in [0.2, 0.25) is 0 Å². The zero-order chi connectivity index (χ0) is 13.8.